The monoisotopic (exact) mass is 752 g/mol. The molecule has 0 aliphatic carbocycles. The second-order valence-electron chi connectivity index (χ2n) is 15.3. The summed E-state index contributed by atoms with van der Waals surface area (Å²) in [5.74, 6) is 0. The maximum absolute atomic E-state index is 6.46. The molecule has 59 heavy (non-hydrogen) atoms. The maximum Gasteiger partial charge on any atom is 0.143 e. The number of rotatable bonds is 6. The van der Waals surface area contributed by atoms with E-state index in [0.717, 1.165) is 55.5 Å². The third-order valence-electron chi connectivity index (χ3n) is 12.0. The van der Waals surface area contributed by atoms with Gasteiger partial charge in [0.15, 0.2) is 0 Å². The van der Waals surface area contributed by atoms with Gasteiger partial charge in [-0.1, -0.05) is 140 Å². The Morgan fingerprint density at radius 2 is 1.02 bits per heavy atom. The van der Waals surface area contributed by atoms with Crippen molar-refractivity contribution in [1.82, 2.24) is 4.57 Å². The fraction of sp³-hybridized carbons (Fsp3) is 0. The van der Waals surface area contributed by atoms with E-state index in [1.54, 1.807) is 0 Å². The first-order valence-electron chi connectivity index (χ1n) is 20.2. The van der Waals surface area contributed by atoms with E-state index >= 15 is 0 Å². The Hall–Kier alpha value is -7.88. The molecule has 0 N–H and O–H groups in total. The molecule has 276 valence electrons. The van der Waals surface area contributed by atoms with Crippen molar-refractivity contribution < 1.29 is 4.42 Å². The number of para-hydroxylation sites is 2. The zero-order chi connectivity index (χ0) is 38.9. The number of hydrogen-bond donors (Lipinski definition) is 0. The van der Waals surface area contributed by atoms with E-state index in [-0.39, 0.29) is 0 Å². The van der Waals surface area contributed by atoms with E-state index in [0.29, 0.717) is 0 Å². The minimum Gasteiger partial charge on any atom is -0.455 e. The topological polar surface area (TPSA) is 21.3 Å². The van der Waals surface area contributed by atoms with E-state index in [9.17, 15) is 0 Å². The van der Waals surface area contributed by atoms with Gasteiger partial charge in [-0.3, -0.25) is 0 Å². The van der Waals surface area contributed by atoms with E-state index in [1.165, 1.54) is 54.8 Å². The van der Waals surface area contributed by atoms with Crippen LogP contribution in [0.15, 0.2) is 223 Å². The number of benzene rings is 10. The van der Waals surface area contributed by atoms with Crippen molar-refractivity contribution >= 4 is 82.4 Å². The van der Waals surface area contributed by atoms with Crippen LogP contribution in [-0.4, -0.2) is 4.57 Å². The number of fused-ring (bicyclic) bond motifs is 9. The summed E-state index contributed by atoms with van der Waals surface area (Å²) in [6.45, 7) is 0. The Morgan fingerprint density at radius 3 is 1.92 bits per heavy atom. The fourth-order valence-corrected chi connectivity index (χ4v) is 9.18. The van der Waals surface area contributed by atoms with Gasteiger partial charge >= 0.3 is 0 Å². The van der Waals surface area contributed by atoms with Crippen LogP contribution >= 0.6 is 0 Å². The lowest BCUT2D eigenvalue weighted by molar-refractivity contribution is 0.672. The normalized spacial score (nSPS) is 11.7. The molecule has 10 aromatic carbocycles. The first kappa shape index (κ1) is 33.3. The Balaban J connectivity index is 1.03. The van der Waals surface area contributed by atoms with Crippen molar-refractivity contribution in [3.8, 4) is 27.9 Å². The number of anilines is 3. The third kappa shape index (κ3) is 5.44. The Morgan fingerprint density at radius 1 is 0.339 bits per heavy atom. The molecule has 2 heterocycles. The first-order valence-corrected chi connectivity index (χ1v) is 20.2. The van der Waals surface area contributed by atoms with Crippen molar-refractivity contribution in [2.75, 3.05) is 4.90 Å². The van der Waals surface area contributed by atoms with E-state index in [1.807, 2.05) is 12.1 Å². The van der Waals surface area contributed by atoms with Gasteiger partial charge in [-0.25, -0.2) is 0 Å². The van der Waals surface area contributed by atoms with Crippen molar-refractivity contribution in [2.45, 2.75) is 0 Å². The second-order valence-corrected chi connectivity index (χ2v) is 15.3. The molecule has 0 fully saturated rings. The molecule has 0 saturated heterocycles. The molecular weight excluding hydrogens is 717 g/mol. The van der Waals surface area contributed by atoms with Crippen molar-refractivity contribution in [2.24, 2.45) is 0 Å². The average molecular weight is 753 g/mol. The van der Waals surface area contributed by atoms with Crippen molar-refractivity contribution in [3.63, 3.8) is 0 Å². The number of aromatic nitrogens is 1. The van der Waals surface area contributed by atoms with Crippen LogP contribution in [0.1, 0.15) is 0 Å². The van der Waals surface area contributed by atoms with Crippen LogP contribution in [0.4, 0.5) is 17.1 Å². The van der Waals surface area contributed by atoms with E-state index in [2.05, 4.69) is 216 Å². The van der Waals surface area contributed by atoms with Gasteiger partial charge in [0.2, 0.25) is 0 Å². The smallest absolute Gasteiger partial charge is 0.143 e. The quantitative estimate of drug-likeness (QED) is 0.169. The predicted molar refractivity (Wildman–Crippen MR) is 249 cm³/mol. The SMILES string of the molecule is c1ccc(-c2ccc3c(c2)c2ccccc2n3-c2cccc(N(c3ccc(-c4cccc5ccccc45)cc3)c3ccc4c(ccc5c6ccccc6oc45)c3)c2)cc1. The third-order valence-corrected chi connectivity index (χ3v) is 12.0. The minimum absolute atomic E-state index is 0.908. The largest absolute Gasteiger partial charge is 0.455 e. The van der Waals surface area contributed by atoms with E-state index in [4.69, 9.17) is 4.42 Å². The molecule has 0 spiro atoms. The van der Waals surface area contributed by atoms with Crippen LogP contribution in [0, 0.1) is 0 Å². The van der Waals surface area contributed by atoms with Gasteiger partial charge in [0, 0.05) is 49.7 Å². The summed E-state index contributed by atoms with van der Waals surface area (Å²) >= 11 is 0. The molecule has 0 unspecified atom stereocenters. The van der Waals surface area contributed by atoms with Gasteiger partial charge in [0.1, 0.15) is 11.2 Å². The first-order chi connectivity index (χ1) is 29.2. The molecule has 0 amide bonds. The molecule has 0 atom stereocenters. The zero-order valence-electron chi connectivity index (χ0n) is 32.1. The van der Waals surface area contributed by atoms with Gasteiger partial charge in [0.25, 0.3) is 0 Å². The van der Waals surface area contributed by atoms with Crippen LogP contribution in [0.3, 0.4) is 0 Å². The van der Waals surface area contributed by atoms with Crippen LogP contribution < -0.4 is 4.90 Å². The number of furan rings is 1. The second kappa shape index (κ2) is 13.4. The molecule has 3 nitrogen and oxygen atoms in total. The maximum atomic E-state index is 6.46. The summed E-state index contributed by atoms with van der Waals surface area (Å²) in [6, 6.07) is 78.8. The highest BCUT2D eigenvalue weighted by molar-refractivity contribution is 6.15. The molecule has 0 aliphatic rings. The summed E-state index contributed by atoms with van der Waals surface area (Å²) in [4.78, 5) is 2.38. The van der Waals surface area contributed by atoms with Crippen LogP contribution in [0.25, 0.3) is 93.2 Å². The molecule has 3 heteroatoms. The lowest BCUT2D eigenvalue weighted by Crippen LogP contribution is -2.10. The van der Waals surface area contributed by atoms with Crippen molar-refractivity contribution in [3.05, 3.63) is 218 Å². The highest BCUT2D eigenvalue weighted by atomic mass is 16.3. The number of hydrogen-bond acceptors (Lipinski definition) is 2. The summed E-state index contributed by atoms with van der Waals surface area (Å²) in [5, 5.41) is 9.46. The Kier molecular flexibility index (Phi) is 7.54. The molecule has 12 aromatic rings. The van der Waals surface area contributed by atoms with Gasteiger partial charge < -0.3 is 13.9 Å². The highest BCUT2D eigenvalue weighted by Crippen LogP contribution is 2.42. The van der Waals surface area contributed by atoms with Gasteiger partial charge in [0.05, 0.1) is 11.0 Å². The minimum atomic E-state index is 0.908. The molecule has 0 radical (unpaired) electrons. The summed E-state index contributed by atoms with van der Waals surface area (Å²) in [5.41, 5.74) is 13.3. The lowest BCUT2D eigenvalue weighted by Gasteiger charge is -2.27. The van der Waals surface area contributed by atoms with Gasteiger partial charge in [-0.2, -0.15) is 0 Å². The Bertz CT molecular complexity index is 3550. The molecule has 0 aliphatic heterocycles. The summed E-state index contributed by atoms with van der Waals surface area (Å²) in [7, 11) is 0. The Labute approximate surface area is 341 Å². The molecule has 2 aromatic heterocycles. The number of nitrogens with zero attached hydrogens (tertiary/aromatic N) is 2. The predicted octanol–water partition coefficient (Wildman–Crippen LogP) is 15.8. The zero-order valence-corrected chi connectivity index (χ0v) is 32.1. The lowest BCUT2D eigenvalue weighted by atomic mass is 9.98. The van der Waals surface area contributed by atoms with E-state index < -0.39 is 0 Å². The van der Waals surface area contributed by atoms with Gasteiger partial charge in [-0.05, 0) is 117 Å². The standard InChI is InChI=1S/C56H36N2O/c1-2-12-37(13-3-1)40-27-33-54-52(35-40)49-19-6-8-22-53(49)58(54)44-17-11-16-43(36-44)57(42-28-24-39(25-29-42)47-21-10-15-38-14-4-5-18-46(38)47)45-30-32-48-41(34-45)26-31-51-50-20-7-9-23-55(50)59-56(48)51/h1-36H. The van der Waals surface area contributed by atoms with Crippen LogP contribution in [0.5, 0.6) is 0 Å². The molecule has 0 bridgehead atoms. The summed E-state index contributed by atoms with van der Waals surface area (Å²) in [6.07, 6.45) is 0. The average Bonchev–Trinajstić information content (AvgIpc) is 3.85. The molecular formula is C56H36N2O. The van der Waals surface area contributed by atoms with Crippen molar-refractivity contribution in [1.29, 1.82) is 0 Å². The fourth-order valence-electron chi connectivity index (χ4n) is 9.18. The summed E-state index contributed by atoms with van der Waals surface area (Å²) < 4.78 is 8.87. The van der Waals surface area contributed by atoms with Crippen LogP contribution in [0.2, 0.25) is 0 Å². The van der Waals surface area contributed by atoms with Crippen LogP contribution in [-0.2, 0) is 0 Å². The van der Waals surface area contributed by atoms with Gasteiger partial charge in [-0.15, -0.1) is 0 Å². The highest BCUT2D eigenvalue weighted by Gasteiger charge is 2.19. The molecule has 0 saturated carbocycles. The molecule has 12 rings (SSSR count).